The lowest BCUT2D eigenvalue weighted by molar-refractivity contribution is -0.132. The van der Waals surface area contributed by atoms with Gasteiger partial charge in [-0.05, 0) is 5.41 Å². The van der Waals surface area contributed by atoms with Crippen molar-refractivity contribution in [1.82, 2.24) is 0 Å². The Balaban J connectivity index is 0.000000810. The van der Waals surface area contributed by atoms with Crippen LogP contribution in [0.2, 0.25) is 0 Å². The third kappa shape index (κ3) is 2.45. The summed E-state index contributed by atoms with van der Waals surface area (Å²) in [6.07, 6.45) is 3.37. The van der Waals surface area contributed by atoms with Crippen LogP contribution in [0.25, 0.3) is 0 Å². The summed E-state index contributed by atoms with van der Waals surface area (Å²) in [5.41, 5.74) is 0.475. The molecule has 0 saturated carbocycles. The number of carboxylic acid groups (broad SMARTS) is 1. The van der Waals surface area contributed by atoms with Crippen LogP contribution >= 0.6 is 24.2 Å². The van der Waals surface area contributed by atoms with Crippen LogP contribution in [0.5, 0.6) is 0 Å². The molecule has 0 aromatic heterocycles. The highest BCUT2D eigenvalue weighted by atomic mass is 35.5. The van der Waals surface area contributed by atoms with E-state index in [1.807, 2.05) is 5.41 Å². The largest absolute Gasteiger partial charge is 0.478 e. The number of hydrogen-bond acceptors (Lipinski definition) is 2. The fourth-order valence-corrected chi connectivity index (χ4v) is 1.22. The van der Waals surface area contributed by atoms with E-state index >= 15 is 0 Å². The monoisotopic (exact) mass is 178 g/mol. The van der Waals surface area contributed by atoms with Gasteiger partial charge in [0.1, 0.15) is 0 Å². The quantitative estimate of drug-likeness (QED) is 0.664. The van der Waals surface area contributed by atoms with Crippen molar-refractivity contribution in [2.45, 2.75) is 0 Å². The molecule has 0 radical (unpaired) electrons. The SMILES string of the molecule is Cl.O=C(O)C1=CC=CSC1. The zero-order valence-corrected chi connectivity index (χ0v) is 6.74. The molecule has 4 heteroatoms. The maximum atomic E-state index is 10.2. The highest BCUT2D eigenvalue weighted by molar-refractivity contribution is 8.02. The lowest BCUT2D eigenvalue weighted by Gasteiger charge is -2.00. The molecule has 0 fully saturated rings. The van der Waals surface area contributed by atoms with Gasteiger partial charge in [-0.25, -0.2) is 4.79 Å². The summed E-state index contributed by atoms with van der Waals surface area (Å²) < 4.78 is 0. The van der Waals surface area contributed by atoms with Gasteiger partial charge in [0.05, 0.1) is 0 Å². The second-order valence-electron chi connectivity index (χ2n) is 1.64. The van der Waals surface area contributed by atoms with Gasteiger partial charge in [-0.2, -0.15) is 0 Å². The van der Waals surface area contributed by atoms with Gasteiger partial charge in [0.25, 0.3) is 0 Å². The Morgan fingerprint density at radius 1 is 1.70 bits per heavy atom. The van der Waals surface area contributed by atoms with Crippen LogP contribution in [-0.2, 0) is 4.79 Å². The Kier molecular flexibility index (Phi) is 4.23. The van der Waals surface area contributed by atoms with Crippen molar-refractivity contribution in [2.75, 3.05) is 5.75 Å². The van der Waals surface area contributed by atoms with Crippen LogP contribution in [0.3, 0.4) is 0 Å². The predicted molar refractivity (Wildman–Crippen MR) is 44.6 cm³/mol. The summed E-state index contributed by atoms with van der Waals surface area (Å²) in [4.78, 5) is 10.2. The summed E-state index contributed by atoms with van der Waals surface area (Å²) in [5.74, 6) is -0.224. The maximum absolute atomic E-state index is 10.2. The third-order valence-electron chi connectivity index (χ3n) is 0.986. The average molecular weight is 179 g/mol. The molecule has 10 heavy (non-hydrogen) atoms. The zero-order valence-electron chi connectivity index (χ0n) is 5.11. The van der Waals surface area contributed by atoms with Crippen molar-refractivity contribution in [3.63, 3.8) is 0 Å². The molecule has 0 amide bonds. The second kappa shape index (κ2) is 4.41. The smallest absolute Gasteiger partial charge is 0.332 e. The topological polar surface area (TPSA) is 37.3 Å². The van der Waals surface area contributed by atoms with Crippen LogP contribution < -0.4 is 0 Å². The minimum absolute atomic E-state index is 0. The van der Waals surface area contributed by atoms with Crippen LogP contribution in [0.4, 0.5) is 0 Å². The summed E-state index contributed by atoms with van der Waals surface area (Å²) in [5, 5.41) is 10.3. The van der Waals surface area contributed by atoms with E-state index in [9.17, 15) is 4.79 Å². The Morgan fingerprint density at radius 3 is 2.70 bits per heavy atom. The van der Waals surface area contributed by atoms with Crippen molar-refractivity contribution in [3.05, 3.63) is 23.1 Å². The molecular formula is C6H7ClO2S. The summed E-state index contributed by atoms with van der Waals surface area (Å²) in [7, 11) is 0. The fraction of sp³-hybridized carbons (Fsp3) is 0.167. The minimum atomic E-state index is -0.813. The number of thioether (sulfide) groups is 1. The predicted octanol–water partition coefficient (Wildman–Crippen LogP) is 1.68. The van der Waals surface area contributed by atoms with Crippen molar-refractivity contribution >= 4 is 30.1 Å². The van der Waals surface area contributed by atoms with E-state index in [1.54, 1.807) is 12.2 Å². The van der Waals surface area contributed by atoms with Crippen molar-refractivity contribution < 1.29 is 9.90 Å². The highest BCUT2D eigenvalue weighted by Crippen LogP contribution is 2.14. The number of allylic oxidation sites excluding steroid dienone is 2. The van der Waals surface area contributed by atoms with Gasteiger partial charge in [0.2, 0.25) is 0 Å². The first-order valence-corrected chi connectivity index (χ1v) is 3.56. The van der Waals surface area contributed by atoms with Crippen molar-refractivity contribution in [3.8, 4) is 0 Å². The van der Waals surface area contributed by atoms with E-state index in [-0.39, 0.29) is 12.4 Å². The molecule has 0 aromatic carbocycles. The Labute approximate surface area is 69.4 Å². The molecule has 0 bridgehead atoms. The molecule has 0 aliphatic carbocycles. The molecule has 1 heterocycles. The maximum Gasteiger partial charge on any atom is 0.332 e. The standard InChI is InChI=1S/C6H6O2S.ClH/c7-6(8)5-2-1-3-9-4-5;/h1-3H,4H2,(H,7,8);1H. The van der Waals surface area contributed by atoms with E-state index in [1.165, 1.54) is 11.8 Å². The third-order valence-corrected chi connectivity index (χ3v) is 1.81. The van der Waals surface area contributed by atoms with E-state index in [2.05, 4.69) is 0 Å². The van der Waals surface area contributed by atoms with Crippen LogP contribution in [0.1, 0.15) is 0 Å². The van der Waals surface area contributed by atoms with Gasteiger partial charge in [-0.3, -0.25) is 0 Å². The van der Waals surface area contributed by atoms with E-state index in [4.69, 9.17) is 5.11 Å². The van der Waals surface area contributed by atoms with Gasteiger partial charge in [0, 0.05) is 11.3 Å². The minimum Gasteiger partial charge on any atom is -0.478 e. The molecular weight excluding hydrogens is 172 g/mol. The van der Waals surface area contributed by atoms with Gasteiger partial charge in [0.15, 0.2) is 0 Å². The molecule has 56 valence electrons. The molecule has 0 aromatic rings. The second-order valence-corrected chi connectivity index (χ2v) is 2.53. The molecule has 1 rings (SSSR count). The number of carbonyl (C=O) groups is 1. The van der Waals surface area contributed by atoms with Crippen molar-refractivity contribution in [2.24, 2.45) is 0 Å². The van der Waals surface area contributed by atoms with Crippen molar-refractivity contribution in [1.29, 1.82) is 0 Å². The van der Waals surface area contributed by atoms with Gasteiger partial charge >= 0.3 is 5.97 Å². The first kappa shape index (κ1) is 9.59. The normalized spacial score (nSPS) is 15.4. The van der Waals surface area contributed by atoms with Crippen LogP contribution in [-0.4, -0.2) is 16.8 Å². The van der Waals surface area contributed by atoms with E-state index in [0.29, 0.717) is 11.3 Å². The molecule has 0 atom stereocenters. The lowest BCUT2D eigenvalue weighted by Crippen LogP contribution is -2.03. The number of carboxylic acids is 1. The first-order chi connectivity index (χ1) is 4.30. The number of rotatable bonds is 1. The first-order valence-electron chi connectivity index (χ1n) is 2.51. The molecule has 0 unspecified atom stereocenters. The Morgan fingerprint density at radius 2 is 2.40 bits per heavy atom. The Hall–Kier alpha value is -0.410. The molecule has 1 N–H and O–H groups in total. The molecule has 1 aliphatic heterocycles. The summed E-state index contributed by atoms with van der Waals surface area (Å²) in [6.45, 7) is 0. The van der Waals surface area contributed by atoms with E-state index < -0.39 is 5.97 Å². The van der Waals surface area contributed by atoms with Gasteiger partial charge < -0.3 is 5.11 Å². The molecule has 0 spiro atoms. The summed E-state index contributed by atoms with van der Waals surface area (Å²) in [6, 6.07) is 0. The molecule has 2 nitrogen and oxygen atoms in total. The van der Waals surface area contributed by atoms with Gasteiger partial charge in [-0.15, -0.1) is 24.2 Å². The fourth-order valence-electron chi connectivity index (χ4n) is 0.530. The van der Waals surface area contributed by atoms with E-state index in [0.717, 1.165) is 0 Å². The number of hydrogen-bond donors (Lipinski definition) is 1. The lowest BCUT2D eigenvalue weighted by atomic mass is 10.3. The summed E-state index contributed by atoms with van der Waals surface area (Å²) >= 11 is 1.50. The molecule has 1 aliphatic rings. The highest BCUT2D eigenvalue weighted by Gasteiger charge is 2.06. The molecule has 0 saturated heterocycles. The Bertz CT molecular complexity index is 186. The van der Waals surface area contributed by atoms with Crippen LogP contribution in [0, 0.1) is 0 Å². The average Bonchev–Trinajstić information content (AvgIpc) is 1.90. The number of halogens is 1. The zero-order chi connectivity index (χ0) is 6.69. The number of aliphatic carboxylic acids is 1. The van der Waals surface area contributed by atoms with Crippen LogP contribution in [0.15, 0.2) is 23.1 Å². The van der Waals surface area contributed by atoms with Gasteiger partial charge in [-0.1, -0.05) is 12.2 Å².